The molecule has 0 saturated carbocycles. The van der Waals surface area contributed by atoms with Crippen LogP contribution in [-0.2, 0) is 6.42 Å². The third-order valence-electron chi connectivity index (χ3n) is 3.27. The van der Waals surface area contributed by atoms with Gasteiger partial charge in [-0.25, -0.2) is 0 Å². The number of nitrogens with zero attached hydrogens (tertiary/aromatic N) is 1. The Kier molecular flexibility index (Phi) is 4.44. The summed E-state index contributed by atoms with van der Waals surface area (Å²) < 4.78 is 11.3. The first-order valence-electron chi connectivity index (χ1n) is 6.36. The molecule has 2 rings (SSSR count). The fourth-order valence-electron chi connectivity index (χ4n) is 2.27. The highest BCUT2D eigenvalue weighted by atomic mass is 16.5. The van der Waals surface area contributed by atoms with Gasteiger partial charge in [0.05, 0.1) is 7.11 Å². The summed E-state index contributed by atoms with van der Waals surface area (Å²) in [4.78, 5) is 2.26. The first-order chi connectivity index (χ1) is 8.72. The zero-order valence-corrected chi connectivity index (χ0v) is 11.1. The van der Waals surface area contributed by atoms with Crippen LogP contribution >= 0.6 is 0 Å². The molecule has 1 aromatic rings. The molecule has 4 nitrogen and oxygen atoms in total. The van der Waals surface area contributed by atoms with Crippen molar-refractivity contribution in [2.45, 2.75) is 18.9 Å². The van der Waals surface area contributed by atoms with Gasteiger partial charge < -0.3 is 19.5 Å². The van der Waals surface area contributed by atoms with E-state index < -0.39 is 0 Å². The molecule has 1 aliphatic rings. The number of hydrogen-bond donors (Lipinski definition) is 1. The number of rotatable bonds is 5. The van der Waals surface area contributed by atoms with Gasteiger partial charge in [-0.3, -0.25) is 0 Å². The number of likely N-dealkylation sites (N-methyl/N-ethyl adjacent to an activating group) is 1. The van der Waals surface area contributed by atoms with E-state index in [2.05, 4.69) is 11.9 Å². The summed E-state index contributed by atoms with van der Waals surface area (Å²) >= 11 is 0. The quantitative estimate of drug-likeness (QED) is 0.857. The van der Waals surface area contributed by atoms with E-state index in [0.29, 0.717) is 6.42 Å². The summed E-state index contributed by atoms with van der Waals surface area (Å²) in [6.45, 7) is 2.18. The molecule has 1 heterocycles. The lowest BCUT2D eigenvalue weighted by Gasteiger charge is -2.17. The van der Waals surface area contributed by atoms with Crippen molar-refractivity contribution in [3.8, 4) is 11.5 Å². The first-order valence-corrected chi connectivity index (χ1v) is 6.36. The number of ether oxygens (including phenoxy) is 2. The molecule has 0 spiro atoms. The van der Waals surface area contributed by atoms with Crippen LogP contribution in [0.4, 0.5) is 0 Å². The highest BCUT2D eigenvalue weighted by molar-refractivity contribution is 5.43. The van der Waals surface area contributed by atoms with E-state index in [1.807, 2.05) is 18.2 Å². The monoisotopic (exact) mass is 251 g/mol. The fraction of sp³-hybridized carbons (Fsp3) is 0.571. The summed E-state index contributed by atoms with van der Waals surface area (Å²) in [7, 11) is 3.75. The van der Waals surface area contributed by atoms with E-state index in [9.17, 15) is 0 Å². The third-order valence-corrected chi connectivity index (χ3v) is 3.27. The maximum Gasteiger partial charge on any atom is 0.161 e. The van der Waals surface area contributed by atoms with E-state index in [1.54, 1.807) is 7.11 Å². The highest BCUT2D eigenvalue weighted by Crippen LogP contribution is 2.30. The standard InChI is InChI=1S/C14H21NO3/c1-15-7-5-12(10-15)18-14-9-11(6-8-16)3-4-13(14)17-2/h3-4,9,12,16H,5-8,10H2,1-2H3. The Bertz CT molecular complexity index is 395. The van der Waals surface area contributed by atoms with E-state index in [4.69, 9.17) is 14.6 Å². The molecule has 18 heavy (non-hydrogen) atoms. The fourth-order valence-corrected chi connectivity index (χ4v) is 2.27. The van der Waals surface area contributed by atoms with Gasteiger partial charge in [0, 0.05) is 19.7 Å². The molecule has 1 saturated heterocycles. The predicted octanol–water partition coefficient (Wildman–Crippen LogP) is 1.31. The summed E-state index contributed by atoms with van der Waals surface area (Å²) in [5, 5.41) is 8.98. The molecular formula is C14H21NO3. The van der Waals surface area contributed by atoms with Crippen molar-refractivity contribution in [1.29, 1.82) is 0 Å². The zero-order chi connectivity index (χ0) is 13.0. The van der Waals surface area contributed by atoms with Crippen molar-refractivity contribution in [3.63, 3.8) is 0 Å². The Balaban J connectivity index is 2.11. The molecule has 0 aromatic heterocycles. The maximum absolute atomic E-state index is 8.98. The largest absolute Gasteiger partial charge is 0.493 e. The number of likely N-dealkylation sites (tertiary alicyclic amines) is 1. The summed E-state index contributed by atoms with van der Waals surface area (Å²) in [6, 6.07) is 5.83. The van der Waals surface area contributed by atoms with Crippen molar-refractivity contribution in [2.24, 2.45) is 0 Å². The molecule has 0 bridgehead atoms. The van der Waals surface area contributed by atoms with Crippen LogP contribution in [0.25, 0.3) is 0 Å². The van der Waals surface area contributed by atoms with Crippen LogP contribution in [0, 0.1) is 0 Å². The maximum atomic E-state index is 8.98. The minimum absolute atomic E-state index is 0.151. The first kappa shape index (κ1) is 13.2. The minimum Gasteiger partial charge on any atom is -0.493 e. The summed E-state index contributed by atoms with van der Waals surface area (Å²) in [6.07, 6.45) is 1.92. The molecule has 1 aliphatic heterocycles. The molecule has 0 amide bonds. The normalized spacial score (nSPS) is 20.1. The van der Waals surface area contributed by atoms with Gasteiger partial charge in [-0.15, -0.1) is 0 Å². The van der Waals surface area contributed by atoms with E-state index in [-0.39, 0.29) is 12.7 Å². The second kappa shape index (κ2) is 6.07. The third kappa shape index (κ3) is 3.15. The van der Waals surface area contributed by atoms with Crippen LogP contribution in [0.1, 0.15) is 12.0 Å². The predicted molar refractivity (Wildman–Crippen MR) is 70.3 cm³/mol. The van der Waals surface area contributed by atoms with Gasteiger partial charge in [0.15, 0.2) is 11.5 Å². The minimum atomic E-state index is 0.151. The number of aliphatic hydroxyl groups is 1. The Morgan fingerprint density at radius 2 is 2.22 bits per heavy atom. The number of methoxy groups -OCH3 is 1. The van der Waals surface area contributed by atoms with Crippen LogP contribution in [0.5, 0.6) is 11.5 Å². The van der Waals surface area contributed by atoms with E-state index >= 15 is 0 Å². The van der Waals surface area contributed by atoms with Crippen molar-refractivity contribution < 1.29 is 14.6 Å². The van der Waals surface area contributed by atoms with Crippen LogP contribution in [0.2, 0.25) is 0 Å². The van der Waals surface area contributed by atoms with Crippen LogP contribution in [-0.4, -0.2) is 50.0 Å². The van der Waals surface area contributed by atoms with Gasteiger partial charge in [0.25, 0.3) is 0 Å². The highest BCUT2D eigenvalue weighted by Gasteiger charge is 2.22. The molecule has 1 N–H and O–H groups in total. The molecule has 0 radical (unpaired) electrons. The summed E-state index contributed by atoms with van der Waals surface area (Å²) in [5.41, 5.74) is 1.07. The second-order valence-electron chi connectivity index (χ2n) is 4.75. The van der Waals surface area contributed by atoms with Gasteiger partial charge in [0.2, 0.25) is 0 Å². The molecular weight excluding hydrogens is 230 g/mol. The van der Waals surface area contributed by atoms with Gasteiger partial charge in [0.1, 0.15) is 6.10 Å². The Morgan fingerprint density at radius 3 is 2.83 bits per heavy atom. The van der Waals surface area contributed by atoms with Gasteiger partial charge in [-0.1, -0.05) is 6.07 Å². The molecule has 1 unspecified atom stereocenters. The lowest BCUT2D eigenvalue weighted by Crippen LogP contribution is -2.21. The Morgan fingerprint density at radius 1 is 1.39 bits per heavy atom. The van der Waals surface area contributed by atoms with E-state index in [0.717, 1.165) is 36.6 Å². The van der Waals surface area contributed by atoms with E-state index in [1.165, 1.54) is 0 Å². The average Bonchev–Trinajstić information content (AvgIpc) is 2.76. The number of hydrogen-bond acceptors (Lipinski definition) is 4. The van der Waals surface area contributed by atoms with Crippen molar-refractivity contribution in [2.75, 3.05) is 33.9 Å². The molecule has 100 valence electrons. The van der Waals surface area contributed by atoms with Crippen LogP contribution < -0.4 is 9.47 Å². The van der Waals surface area contributed by atoms with Gasteiger partial charge >= 0.3 is 0 Å². The Labute approximate surface area is 108 Å². The van der Waals surface area contributed by atoms with Crippen LogP contribution in [0.15, 0.2) is 18.2 Å². The second-order valence-corrected chi connectivity index (χ2v) is 4.75. The SMILES string of the molecule is COc1ccc(CCO)cc1OC1CCN(C)C1. The smallest absolute Gasteiger partial charge is 0.161 e. The molecule has 1 fully saturated rings. The number of aliphatic hydroxyl groups excluding tert-OH is 1. The van der Waals surface area contributed by atoms with Gasteiger partial charge in [-0.2, -0.15) is 0 Å². The zero-order valence-electron chi connectivity index (χ0n) is 11.1. The van der Waals surface area contributed by atoms with Crippen molar-refractivity contribution in [3.05, 3.63) is 23.8 Å². The average molecular weight is 251 g/mol. The lowest BCUT2D eigenvalue weighted by molar-refractivity contribution is 0.199. The summed E-state index contributed by atoms with van der Waals surface area (Å²) in [5.74, 6) is 1.54. The van der Waals surface area contributed by atoms with Gasteiger partial charge in [-0.05, 0) is 37.6 Å². The van der Waals surface area contributed by atoms with Crippen molar-refractivity contribution >= 4 is 0 Å². The Hall–Kier alpha value is -1.26. The van der Waals surface area contributed by atoms with Crippen molar-refractivity contribution in [1.82, 2.24) is 4.90 Å². The topological polar surface area (TPSA) is 41.9 Å². The lowest BCUT2D eigenvalue weighted by atomic mass is 10.1. The molecule has 1 atom stereocenters. The van der Waals surface area contributed by atoms with Crippen LogP contribution in [0.3, 0.4) is 0 Å². The number of benzene rings is 1. The molecule has 4 heteroatoms. The molecule has 1 aromatic carbocycles. The molecule has 0 aliphatic carbocycles.